The van der Waals surface area contributed by atoms with Crippen molar-refractivity contribution in [3.63, 3.8) is 0 Å². The molecule has 0 aromatic rings. The van der Waals surface area contributed by atoms with Gasteiger partial charge in [-0.2, -0.15) is 0 Å². The fourth-order valence-corrected chi connectivity index (χ4v) is 2.97. The Balaban J connectivity index is 3.54. The van der Waals surface area contributed by atoms with Crippen LogP contribution in [0.25, 0.3) is 0 Å². The van der Waals surface area contributed by atoms with Gasteiger partial charge in [0.1, 0.15) is 0 Å². The Labute approximate surface area is 101 Å². The van der Waals surface area contributed by atoms with E-state index in [1.165, 1.54) is 28.0 Å². The maximum Gasteiger partial charge on any atom is 0.0423 e. The summed E-state index contributed by atoms with van der Waals surface area (Å²) < 4.78 is 0. The van der Waals surface area contributed by atoms with Crippen molar-refractivity contribution >= 4 is 0 Å². The smallest absolute Gasteiger partial charge is 0.0423 e. The van der Waals surface area contributed by atoms with Gasteiger partial charge in [0.05, 0.1) is 0 Å². The molecule has 0 aromatic heterocycles. The van der Waals surface area contributed by atoms with E-state index in [1.54, 1.807) is 0 Å². The second-order valence-electron chi connectivity index (χ2n) is 5.45. The van der Waals surface area contributed by atoms with Gasteiger partial charge >= 0.3 is 0 Å². The molecule has 1 aliphatic carbocycles. The highest BCUT2D eigenvalue weighted by molar-refractivity contribution is 5.54. The monoisotopic (exact) mass is 219 g/mol. The summed E-state index contributed by atoms with van der Waals surface area (Å²) in [5.41, 5.74) is 7.33. The van der Waals surface area contributed by atoms with Gasteiger partial charge in [0.2, 0.25) is 0 Å². The summed E-state index contributed by atoms with van der Waals surface area (Å²) in [6, 6.07) is 0. The van der Waals surface area contributed by atoms with Crippen molar-refractivity contribution < 1.29 is 0 Å². The molecule has 0 N–H and O–H groups in total. The summed E-state index contributed by atoms with van der Waals surface area (Å²) >= 11 is 0. The summed E-state index contributed by atoms with van der Waals surface area (Å²) in [7, 11) is 4.25. The molecule has 0 spiro atoms. The van der Waals surface area contributed by atoms with Gasteiger partial charge < -0.3 is 4.90 Å². The average molecular weight is 219 g/mol. The van der Waals surface area contributed by atoms with E-state index in [2.05, 4.69) is 66.6 Å². The Morgan fingerprint density at radius 1 is 1.00 bits per heavy atom. The lowest BCUT2D eigenvalue weighted by molar-refractivity contribution is 0.471. The molecular weight excluding hydrogens is 194 g/mol. The van der Waals surface area contributed by atoms with Crippen LogP contribution in [0.1, 0.15) is 41.5 Å². The van der Waals surface area contributed by atoms with Crippen LogP contribution in [0.3, 0.4) is 0 Å². The lowest BCUT2D eigenvalue weighted by Gasteiger charge is -2.39. The SMILES string of the molecule is C/C=C1\C(C)=C(N(C)C)C(C)=C(C)C1(C)C. The summed E-state index contributed by atoms with van der Waals surface area (Å²) in [5, 5.41) is 0. The highest BCUT2D eigenvalue weighted by Gasteiger charge is 2.33. The number of likely N-dealkylation sites (N-methyl/N-ethyl adjacent to an activating group) is 1. The third kappa shape index (κ3) is 1.73. The Morgan fingerprint density at radius 3 is 1.88 bits per heavy atom. The first kappa shape index (κ1) is 13.1. The molecule has 0 amide bonds. The van der Waals surface area contributed by atoms with Crippen LogP contribution in [-0.2, 0) is 0 Å². The highest BCUT2D eigenvalue weighted by Crippen LogP contribution is 2.46. The molecular formula is C15H25N. The van der Waals surface area contributed by atoms with Gasteiger partial charge in [-0.05, 0) is 44.4 Å². The molecule has 0 aliphatic heterocycles. The van der Waals surface area contributed by atoms with Crippen molar-refractivity contribution in [1.82, 2.24) is 4.90 Å². The second kappa shape index (κ2) is 4.12. The van der Waals surface area contributed by atoms with Crippen molar-refractivity contribution in [3.8, 4) is 0 Å². The van der Waals surface area contributed by atoms with Crippen molar-refractivity contribution in [2.24, 2.45) is 5.41 Å². The van der Waals surface area contributed by atoms with Crippen molar-refractivity contribution in [2.45, 2.75) is 41.5 Å². The van der Waals surface area contributed by atoms with E-state index < -0.39 is 0 Å². The molecule has 1 aliphatic rings. The highest BCUT2D eigenvalue weighted by atomic mass is 15.1. The summed E-state index contributed by atoms with van der Waals surface area (Å²) in [5.74, 6) is 0. The zero-order chi connectivity index (χ0) is 12.7. The number of rotatable bonds is 1. The van der Waals surface area contributed by atoms with Crippen LogP contribution in [0, 0.1) is 5.41 Å². The lowest BCUT2D eigenvalue weighted by Crippen LogP contribution is -2.28. The number of hydrogen-bond acceptors (Lipinski definition) is 1. The van der Waals surface area contributed by atoms with Crippen molar-refractivity contribution in [3.05, 3.63) is 34.1 Å². The van der Waals surface area contributed by atoms with Crippen molar-refractivity contribution in [2.75, 3.05) is 14.1 Å². The second-order valence-corrected chi connectivity index (χ2v) is 5.45. The molecule has 1 rings (SSSR count). The third-order valence-corrected chi connectivity index (χ3v) is 4.02. The topological polar surface area (TPSA) is 3.24 Å². The molecule has 0 aromatic carbocycles. The molecule has 0 saturated heterocycles. The Bertz CT molecular complexity index is 386. The van der Waals surface area contributed by atoms with Crippen LogP contribution in [0.15, 0.2) is 34.1 Å². The van der Waals surface area contributed by atoms with Gasteiger partial charge in [-0.15, -0.1) is 0 Å². The average Bonchev–Trinajstić information content (AvgIpc) is 2.14. The van der Waals surface area contributed by atoms with Crippen LogP contribution >= 0.6 is 0 Å². The minimum Gasteiger partial charge on any atom is -0.377 e. The van der Waals surface area contributed by atoms with Crippen LogP contribution < -0.4 is 0 Å². The van der Waals surface area contributed by atoms with Crippen LogP contribution in [-0.4, -0.2) is 19.0 Å². The molecule has 90 valence electrons. The fraction of sp³-hybridized carbons (Fsp3) is 0.600. The number of allylic oxidation sites excluding steroid dienone is 5. The lowest BCUT2D eigenvalue weighted by atomic mass is 9.69. The first-order valence-corrected chi connectivity index (χ1v) is 5.98. The Hall–Kier alpha value is -0.980. The number of nitrogens with zero attached hydrogens (tertiary/aromatic N) is 1. The molecule has 1 nitrogen and oxygen atoms in total. The summed E-state index contributed by atoms with van der Waals surface area (Å²) in [6.45, 7) is 13.5. The van der Waals surface area contributed by atoms with Crippen LogP contribution in [0.5, 0.6) is 0 Å². The Kier molecular flexibility index (Phi) is 3.37. The summed E-state index contributed by atoms with van der Waals surface area (Å²) in [6.07, 6.45) is 2.26. The van der Waals surface area contributed by atoms with Gasteiger partial charge in [-0.3, -0.25) is 0 Å². The predicted octanol–water partition coefficient (Wildman–Crippen LogP) is 4.14. The zero-order valence-electron chi connectivity index (χ0n) is 12.0. The largest absolute Gasteiger partial charge is 0.377 e. The van der Waals surface area contributed by atoms with Crippen LogP contribution in [0.4, 0.5) is 0 Å². The van der Waals surface area contributed by atoms with Gasteiger partial charge in [-0.1, -0.05) is 25.5 Å². The van der Waals surface area contributed by atoms with E-state index in [9.17, 15) is 0 Å². The van der Waals surface area contributed by atoms with Crippen LogP contribution in [0.2, 0.25) is 0 Å². The number of hydrogen-bond donors (Lipinski definition) is 0. The molecule has 0 unspecified atom stereocenters. The molecule has 0 radical (unpaired) electrons. The van der Waals surface area contributed by atoms with Gasteiger partial charge in [0.25, 0.3) is 0 Å². The fourth-order valence-electron chi connectivity index (χ4n) is 2.97. The first-order valence-electron chi connectivity index (χ1n) is 5.98. The quantitative estimate of drug-likeness (QED) is 0.640. The van der Waals surface area contributed by atoms with E-state index in [0.29, 0.717) is 0 Å². The van der Waals surface area contributed by atoms with Gasteiger partial charge in [0, 0.05) is 25.2 Å². The van der Waals surface area contributed by atoms with E-state index in [4.69, 9.17) is 0 Å². The predicted molar refractivity (Wildman–Crippen MR) is 72.3 cm³/mol. The minimum absolute atomic E-state index is 0.169. The maximum absolute atomic E-state index is 2.32. The molecule has 16 heavy (non-hydrogen) atoms. The van der Waals surface area contributed by atoms with Gasteiger partial charge in [-0.25, -0.2) is 0 Å². The maximum atomic E-state index is 2.32. The molecule has 0 saturated carbocycles. The van der Waals surface area contributed by atoms with E-state index in [1.807, 2.05) is 0 Å². The first-order chi connectivity index (χ1) is 7.25. The van der Waals surface area contributed by atoms with E-state index >= 15 is 0 Å². The minimum atomic E-state index is 0.169. The molecule has 1 heteroatoms. The third-order valence-electron chi connectivity index (χ3n) is 4.02. The molecule has 0 heterocycles. The van der Waals surface area contributed by atoms with Gasteiger partial charge in [0.15, 0.2) is 0 Å². The zero-order valence-corrected chi connectivity index (χ0v) is 12.0. The molecule has 0 atom stereocenters. The van der Waals surface area contributed by atoms with Crippen molar-refractivity contribution in [1.29, 1.82) is 0 Å². The van der Waals surface area contributed by atoms with E-state index in [0.717, 1.165) is 0 Å². The van der Waals surface area contributed by atoms with E-state index in [-0.39, 0.29) is 5.41 Å². The molecule has 0 bridgehead atoms. The Morgan fingerprint density at radius 2 is 1.50 bits per heavy atom. The normalized spacial score (nSPS) is 23.1. The molecule has 0 fully saturated rings. The summed E-state index contributed by atoms with van der Waals surface area (Å²) in [4.78, 5) is 2.23. The standard InChI is InChI=1S/C15H25N/c1-9-13-11(3)14(16(7)8)10(2)12(4)15(13,5)6/h9H,1-8H3/b13-9+.